The summed E-state index contributed by atoms with van der Waals surface area (Å²) in [6.45, 7) is 3.30. The third-order valence-corrected chi connectivity index (χ3v) is 3.64. The minimum Gasteiger partial charge on any atom is -0.345 e. The van der Waals surface area contributed by atoms with Gasteiger partial charge in [-0.05, 0) is 61.1 Å². The fraction of sp³-hybridized carbons (Fsp3) is 0.188. The maximum atomic E-state index is 13.2. The van der Waals surface area contributed by atoms with E-state index in [1.54, 1.807) is 18.2 Å². The van der Waals surface area contributed by atoms with E-state index in [-0.39, 0.29) is 5.82 Å². The van der Waals surface area contributed by atoms with Gasteiger partial charge in [0.25, 0.3) is 0 Å². The summed E-state index contributed by atoms with van der Waals surface area (Å²) in [4.78, 5) is 1.97. The largest absolute Gasteiger partial charge is 0.345 e. The number of nitrogens with one attached hydrogen (secondary N) is 1. The monoisotopic (exact) mass is 322 g/mol. The number of thiocarbonyl (C=S) groups is 1. The number of nitrogens with zero attached hydrogens (tertiary/aromatic N) is 1. The van der Waals surface area contributed by atoms with Gasteiger partial charge in [-0.3, -0.25) is 0 Å². The second-order valence-corrected chi connectivity index (χ2v) is 5.40. The van der Waals surface area contributed by atoms with E-state index in [9.17, 15) is 4.39 Å². The summed E-state index contributed by atoms with van der Waals surface area (Å²) in [6.07, 6.45) is 0. The van der Waals surface area contributed by atoms with Crippen molar-refractivity contribution in [3.05, 3.63) is 64.9 Å². The fourth-order valence-electron chi connectivity index (χ4n) is 1.92. The number of anilines is 1. The molecule has 0 heterocycles. The molecule has 0 aliphatic rings. The summed E-state index contributed by atoms with van der Waals surface area (Å²) < 4.78 is 13.2. The molecule has 1 N–H and O–H groups in total. The van der Waals surface area contributed by atoms with Crippen LogP contribution in [0.5, 0.6) is 0 Å². The van der Waals surface area contributed by atoms with E-state index in [0.717, 1.165) is 17.8 Å². The third kappa shape index (κ3) is 4.69. The Balaban J connectivity index is 2.03. The lowest BCUT2D eigenvalue weighted by Gasteiger charge is -2.24. The average Bonchev–Trinajstić information content (AvgIpc) is 2.47. The molecule has 0 bridgehead atoms. The first-order valence-electron chi connectivity index (χ1n) is 6.64. The first-order chi connectivity index (χ1) is 10.1. The number of hydrogen-bond donors (Lipinski definition) is 1. The van der Waals surface area contributed by atoms with E-state index < -0.39 is 0 Å². The van der Waals surface area contributed by atoms with Gasteiger partial charge in [-0.1, -0.05) is 23.7 Å². The normalized spacial score (nSPS) is 10.2. The van der Waals surface area contributed by atoms with Crippen molar-refractivity contribution in [2.45, 2.75) is 13.5 Å². The SMILES string of the molecule is CCN(Cc1cccc(F)c1)C(=S)Nc1ccc(Cl)cc1. The maximum Gasteiger partial charge on any atom is 0.173 e. The van der Waals surface area contributed by atoms with Gasteiger partial charge in [0.05, 0.1) is 0 Å². The second kappa shape index (κ2) is 7.38. The van der Waals surface area contributed by atoms with Crippen LogP contribution in [0.25, 0.3) is 0 Å². The molecule has 2 rings (SSSR count). The molecule has 0 unspecified atom stereocenters. The van der Waals surface area contributed by atoms with Crippen molar-refractivity contribution in [3.8, 4) is 0 Å². The van der Waals surface area contributed by atoms with Crippen LogP contribution >= 0.6 is 23.8 Å². The van der Waals surface area contributed by atoms with Crippen LogP contribution in [0.4, 0.5) is 10.1 Å². The Hall–Kier alpha value is -1.65. The minimum atomic E-state index is -0.236. The van der Waals surface area contributed by atoms with Gasteiger partial charge in [0, 0.05) is 23.8 Å². The molecule has 0 aromatic heterocycles. The predicted molar refractivity (Wildman–Crippen MR) is 90.2 cm³/mol. The highest BCUT2D eigenvalue weighted by Crippen LogP contribution is 2.15. The molecule has 5 heteroatoms. The smallest absolute Gasteiger partial charge is 0.173 e. The van der Waals surface area contributed by atoms with Crippen molar-refractivity contribution in [2.75, 3.05) is 11.9 Å². The van der Waals surface area contributed by atoms with Crippen LogP contribution in [0.1, 0.15) is 12.5 Å². The molecule has 0 atom stereocenters. The Morgan fingerprint density at radius 2 is 1.95 bits per heavy atom. The Bertz CT molecular complexity index is 616. The molecule has 110 valence electrons. The molecule has 0 aliphatic heterocycles. The van der Waals surface area contributed by atoms with Crippen LogP contribution in [-0.2, 0) is 6.54 Å². The van der Waals surface area contributed by atoms with Crippen LogP contribution in [0.2, 0.25) is 5.02 Å². The Kier molecular flexibility index (Phi) is 5.53. The van der Waals surface area contributed by atoms with Crippen molar-refractivity contribution in [1.82, 2.24) is 4.90 Å². The maximum absolute atomic E-state index is 13.2. The molecule has 0 spiro atoms. The first-order valence-corrected chi connectivity index (χ1v) is 7.43. The fourth-order valence-corrected chi connectivity index (χ4v) is 2.36. The van der Waals surface area contributed by atoms with Gasteiger partial charge >= 0.3 is 0 Å². The lowest BCUT2D eigenvalue weighted by molar-refractivity contribution is 0.440. The van der Waals surface area contributed by atoms with E-state index in [2.05, 4.69) is 5.32 Å². The van der Waals surface area contributed by atoms with Crippen LogP contribution in [-0.4, -0.2) is 16.6 Å². The van der Waals surface area contributed by atoms with Crippen molar-refractivity contribution < 1.29 is 4.39 Å². The van der Waals surface area contributed by atoms with Gasteiger partial charge in [-0.2, -0.15) is 0 Å². The number of hydrogen-bond acceptors (Lipinski definition) is 1. The highest BCUT2D eigenvalue weighted by atomic mass is 35.5. The van der Waals surface area contributed by atoms with Crippen molar-refractivity contribution in [1.29, 1.82) is 0 Å². The highest BCUT2D eigenvalue weighted by Gasteiger charge is 2.09. The molecule has 2 aromatic carbocycles. The molecule has 21 heavy (non-hydrogen) atoms. The van der Waals surface area contributed by atoms with Crippen molar-refractivity contribution in [2.24, 2.45) is 0 Å². The van der Waals surface area contributed by atoms with Crippen LogP contribution < -0.4 is 5.32 Å². The summed E-state index contributed by atoms with van der Waals surface area (Å²) in [5, 5.41) is 4.44. The molecule has 0 amide bonds. The van der Waals surface area contributed by atoms with Gasteiger partial charge in [0.15, 0.2) is 5.11 Å². The zero-order valence-corrected chi connectivity index (χ0v) is 13.2. The summed E-state index contributed by atoms with van der Waals surface area (Å²) >= 11 is 11.3. The topological polar surface area (TPSA) is 15.3 Å². The van der Waals surface area contributed by atoms with Crippen LogP contribution in [0.3, 0.4) is 0 Å². The van der Waals surface area contributed by atoms with Gasteiger partial charge in [0.2, 0.25) is 0 Å². The van der Waals surface area contributed by atoms with Gasteiger partial charge in [-0.25, -0.2) is 4.39 Å². The summed E-state index contributed by atoms with van der Waals surface area (Å²) in [7, 11) is 0. The first kappa shape index (κ1) is 15.7. The summed E-state index contributed by atoms with van der Waals surface area (Å²) in [5.74, 6) is -0.236. The lowest BCUT2D eigenvalue weighted by Crippen LogP contribution is -2.34. The van der Waals surface area contributed by atoms with Gasteiger partial charge < -0.3 is 10.2 Å². The molecule has 0 radical (unpaired) electrons. The molecule has 2 aromatic rings. The molecule has 0 saturated carbocycles. The summed E-state index contributed by atoms with van der Waals surface area (Å²) in [6, 6.07) is 13.9. The average molecular weight is 323 g/mol. The third-order valence-electron chi connectivity index (χ3n) is 3.03. The molecule has 0 aliphatic carbocycles. The standard InChI is InChI=1S/C16H16ClFN2S/c1-2-20(11-12-4-3-5-14(18)10-12)16(21)19-15-8-6-13(17)7-9-15/h3-10H,2,11H2,1H3,(H,19,21). The van der Waals surface area contributed by atoms with E-state index in [0.29, 0.717) is 16.7 Å². The van der Waals surface area contributed by atoms with E-state index in [1.165, 1.54) is 12.1 Å². The quantitative estimate of drug-likeness (QED) is 0.821. The van der Waals surface area contributed by atoms with Gasteiger partial charge in [0.1, 0.15) is 5.82 Å². The number of benzene rings is 2. The van der Waals surface area contributed by atoms with Crippen molar-refractivity contribution >= 4 is 34.6 Å². The Labute approximate surface area is 134 Å². The zero-order valence-electron chi connectivity index (χ0n) is 11.6. The van der Waals surface area contributed by atoms with Crippen LogP contribution in [0.15, 0.2) is 48.5 Å². The molecule has 0 saturated heterocycles. The second-order valence-electron chi connectivity index (χ2n) is 4.58. The van der Waals surface area contributed by atoms with E-state index in [1.807, 2.05) is 30.0 Å². The molecular weight excluding hydrogens is 307 g/mol. The predicted octanol–water partition coefficient (Wildman–Crippen LogP) is 4.70. The molecule has 2 nitrogen and oxygen atoms in total. The highest BCUT2D eigenvalue weighted by molar-refractivity contribution is 7.80. The summed E-state index contributed by atoms with van der Waals surface area (Å²) in [5.41, 5.74) is 1.76. The lowest BCUT2D eigenvalue weighted by atomic mass is 10.2. The number of rotatable bonds is 4. The van der Waals surface area contributed by atoms with E-state index in [4.69, 9.17) is 23.8 Å². The van der Waals surface area contributed by atoms with Crippen LogP contribution in [0, 0.1) is 5.82 Å². The Morgan fingerprint density at radius 3 is 2.57 bits per heavy atom. The minimum absolute atomic E-state index is 0.236. The zero-order chi connectivity index (χ0) is 15.2. The molecular formula is C16H16ClFN2S. The van der Waals surface area contributed by atoms with E-state index >= 15 is 0 Å². The molecule has 0 fully saturated rings. The van der Waals surface area contributed by atoms with Gasteiger partial charge in [-0.15, -0.1) is 0 Å². The number of halogens is 2. The van der Waals surface area contributed by atoms with Crippen molar-refractivity contribution in [3.63, 3.8) is 0 Å². The Morgan fingerprint density at radius 1 is 1.24 bits per heavy atom.